The van der Waals surface area contributed by atoms with Crippen LogP contribution in [0.4, 0.5) is 0 Å². The second kappa shape index (κ2) is 4.97. The van der Waals surface area contributed by atoms with Gasteiger partial charge in [-0.15, -0.1) is 0 Å². The van der Waals surface area contributed by atoms with Gasteiger partial charge in [0.2, 0.25) is 0 Å². The molecule has 0 atom stereocenters. The number of rotatable bonds is 6. The van der Waals surface area contributed by atoms with Crippen LogP contribution in [0.2, 0.25) is 0 Å². The van der Waals surface area contributed by atoms with Gasteiger partial charge in [0.05, 0.1) is 0 Å². The van der Waals surface area contributed by atoms with E-state index in [1.54, 1.807) is 7.11 Å². The third-order valence-electron chi connectivity index (χ3n) is 2.96. The lowest BCUT2D eigenvalue weighted by Gasteiger charge is -2.32. The quantitative estimate of drug-likeness (QED) is 0.685. The van der Waals surface area contributed by atoms with E-state index >= 15 is 0 Å². The van der Waals surface area contributed by atoms with Crippen LogP contribution in [0.25, 0.3) is 0 Å². The van der Waals surface area contributed by atoms with Crippen molar-refractivity contribution in [2.75, 3.05) is 20.3 Å². The first-order chi connectivity index (χ1) is 6.14. The molecule has 2 nitrogen and oxygen atoms in total. The lowest BCUT2D eigenvalue weighted by Crippen LogP contribution is -2.41. The Morgan fingerprint density at radius 3 is 2.54 bits per heavy atom. The molecule has 0 saturated heterocycles. The minimum absolute atomic E-state index is 0.381. The molecule has 1 aliphatic carbocycles. The van der Waals surface area contributed by atoms with Crippen LogP contribution in [0.1, 0.15) is 39.5 Å². The van der Waals surface area contributed by atoms with Crippen molar-refractivity contribution < 1.29 is 4.74 Å². The highest BCUT2D eigenvalue weighted by Gasteiger charge is 2.22. The molecular formula is C11H23NO. The molecule has 0 amide bonds. The van der Waals surface area contributed by atoms with Gasteiger partial charge in [-0.1, -0.05) is 20.3 Å². The van der Waals surface area contributed by atoms with Crippen molar-refractivity contribution in [1.82, 2.24) is 5.32 Å². The van der Waals surface area contributed by atoms with Gasteiger partial charge >= 0.3 is 0 Å². The van der Waals surface area contributed by atoms with Gasteiger partial charge in [0, 0.05) is 26.3 Å². The highest BCUT2D eigenvalue weighted by atomic mass is 16.5. The normalized spacial score (nSPS) is 18.7. The lowest BCUT2D eigenvalue weighted by atomic mass is 9.87. The minimum Gasteiger partial charge on any atom is -0.385 e. The van der Waals surface area contributed by atoms with Crippen LogP contribution in [-0.2, 0) is 4.74 Å². The second-order valence-corrected chi connectivity index (χ2v) is 4.92. The van der Waals surface area contributed by atoms with Gasteiger partial charge in [-0.05, 0) is 24.7 Å². The van der Waals surface area contributed by atoms with Crippen LogP contribution in [0.3, 0.4) is 0 Å². The molecule has 0 spiro atoms. The second-order valence-electron chi connectivity index (χ2n) is 4.92. The minimum atomic E-state index is 0.381. The fourth-order valence-corrected chi connectivity index (χ4v) is 1.50. The summed E-state index contributed by atoms with van der Waals surface area (Å²) >= 11 is 0. The first-order valence-corrected chi connectivity index (χ1v) is 5.36. The van der Waals surface area contributed by atoms with E-state index in [1.165, 1.54) is 19.3 Å². The van der Waals surface area contributed by atoms with Gasteiger partial charge < -0.3 is 10.1 Å². The van der Waals surface area contributed by atoms with Crippen LogP contribution >= 0.6 is 0 Å². The Hall–Kier alpha value is -0.0800. The van der Waals surface area contributed by atoms with E-state index in [4.69, 9.17) is 4.74 Å². The summed E-state index contributed by atoms with van der Waals surface area (Å²) in [5, 5.41) is 3.61. The number of hydrogen-bond acceptors (Lipinski definition) is 2. The van der Waals surface area contributed by atoms with Crippen molar-refractivity contribution in [2.24, 2.45) is 5.41 Å². The van der Waals surface area contributed by atoms with Gasteiger partial charge in [0.15, 0.2) is 0 Å². The zero-order valence-corrected chi connectivity index (χ0v) is 9.23. The highest BCUT2D eigenvalue weighted by Crippen LogP contribution is 2.22. The average Bonchev–Trinajstić information content (AvgIpc) is 1.98. The van der Waals surface area contributed by atoms with E-state index in [0.717, 1.165) is 25.6 Å². The molecular weight excluding hydrogens is 162 g/mol. The molecule has 0 aromatic carbocycles. The van der Waals surface area contributed by atoms with E-state index in [0.29, 0.717) is 5.41 Å². The van der Waals surface area contributed by atoms with E-state index < -0.39 is 0 Å². The zero-order chi connectivity index (χ0) is 9.73. The molecule has 0 aromatic heterocycles. The third-order valence-corrected chi connectivity index (χ3v) is 2.96. The molecule has 1 aliphatic rings. The maximum Gasteiger partial charge on any atom is 0.0467 e. The largest absolute Gasteiger partial charge is 0.385 e. The fourth-order valence-electron chi connectivity index (χ4n) is 1.50. The van der Waals surface area contributed by atoms with Gasteiger partial charge in [0.1, 0.15) is 0 Å². The number of methoxy groups -OCH3 is 1. The molecule has 13 heavy (non-hydrogen) atoms. The molecule has 0 unspecified atom stereocenters. The summed E-state index contributed by atoms with van der Waals surface area (Å²) in [5.74, 6) is 0. The van der Waals surface area contributed by atoms with Crippen LogP contribution < -0.4 is 5.32 Å². The van der Waals surface area contributed by atoms with Gasteiger partial charge in [0.25, 0.3) is 0 Å². The van der Waals surface area contributed by atoms with Crippen LogP contribution in [0.5, 0.6) is 0 Å². The van der Waals surface area contributed by atoms with Crippen LogP contribution in [-0.4, -0.2) is 26.3 Å². The zero-order valence-electron chi connectivity index (χ0n) is 9.23. The van der Waals surface area contributed by atoms with Crippen molar-refractivity contribution in [3.8, 4) is 0 Å². The summed E-state index contributed by atoms with van der Waals surface area (Å²) in [7, 11) is 1.77. The van der Waals surface area contributed by atoms with Gasteiger partial charge in [-0.25, -0.2) is 0 Å². The SMILES string of the molecule is COCCC(C)(C)CNC1CCC1. The van der Waals surface area contributed by atoms with E-state index in [2.05, 4.69) is 19.2 Å². The molecule has 78 valence electrons. The van der Waals surface area contributed by atoms with E-state index in [1.807, 2.05) is 0 Å². The first-order valence-electron chi connectivity index (χ1n) is 5.36. The molecule has 0 radical (unpaired) electrons. The van der Waals surface area contributed by atoms with Crippen molar-refractivity contribution in [2.45, 2.75) is 45.6 Å². The molecule has 2 heteroatoms. The van der Waals surface area contributed by atoms with Gasteiger partial charge in [-0.3, -0.25) is 0 Å². The summed E-state index contributed by atoms with van der Waals surface area (Å²) in [6.45, 7) is 6.61. The smallest absolute Gasteiger partial charge is 0.0467 e. The molecule has 0 bridgehead atoms. The lowest BCUT2D eigenvalue weighted by molar-refractivity contribution is 0.145. The van der Waals surface area contributed by atoms with Crippen LogP contribution in [0.15, 0.2) is 0 Å². The Bertz CT molecular complexity index is 141. The Balaban J connectivity index is 2.08. The Kier molecular flexibility index (Phi) is 4.20. The van der Waals surface area contributed by atoms with Crippen LogP contribution in [0, 0.1) is 5.41 Å². The number of ether oxygens (including phenoxy) is 1. The topological polar surface area (TPSA) is 21.3 Å². The third kappa shape index (κ3) is 4.10. The predicted octanol–water partition coefficient (Wildman–Crippen LogP) is 2.19. The van der Waals surface area contributed by atoms with Gasteiger partial charge in [-0.2, -0.15) is 0 Å². The Morgan fingerprint density at radius 1 is 1.38 bits per heavy atom. The standard InChI is InChI=1S/C11H23NO/c1-11(2,7-8-13-3)9-12-10-5-4-6-10/h10,12H,4-9H2,1-3H3. The van der Waals surface area contributed by atoms with E-state index in [-0.39, 0.29) is 0 Å². The molecule has 0 aliphatic heterocycles. The maximum atomic E-state index is 5.10. The number of hydrogen-bond donors (Lipinski definition) is 1. The summed E-state index contributed by atoms with van der Waals surface area (Å²) in [6, 6.07) is 0.807. The van der Waals surface area contributed by atoms with Crippen molar-refractivity contribution in [1.29, 1.82) is 0 Å². The van der Waals surface area contributed by atoms with Crippen molar-refractivity contribution in [3.05, 3.63) is 0 Å². The summed E-state index contributed by atoms with van der Waals surface area (Å²) < 4.78 is 5.10. The fraction of sp³-hybridized carbons (Fsp3) is 1.00. The molecule has 0 aromatic rings. The average molecular weight is 185 g/mol. The summed E-state index contributed by atoms with van der Waals surface area (Å²) in [5.41, 5.74) is 0.381. The number of nitrogens with one attached hydrogen (secondary N) is 1. The van der Waals surface area contributed by atoms with Crippen molar-refractivity contribution >= 4 is 0 Å². The van der Waals surface area contributed by atoms with E-state index in [9.17, 15) is 0 Å². The Labute approximate surface area is 82.0 Å². The monoisotopic (exact) mass is 185 g/mol. The molecule has 1 rings (SSSR count). The predicted molar refractivity (Wildman–Crippen MR) is 55.9 cm³/mol. The summed E-state index contributed by atoms with van der Waals surface area (Å²) in [4.78, 5) is 0. The first kappa shape index (κ1) is 11.0. The molecule has 0 heterocycles. The maximum absolute atomic E-state index is 5.10. The summed E-state index contributed by atoms with van der Waals surface area (Å²) in [6.07, 6.45) is 5.31. The van der Waals surface area contributed by atoms with Crippen molar-refractivity contribution in [3.63, 3.8) is 0 Å². The Morgan fingerprint density at radius 2 is 2.08 bits per heavy atom. The molecule has 1 saturated carbocycles. The molecule has 1 N–H and O–H groups in total. The molecule has 1 fully saturated rings. The highest BCUT2D eigenvalue weighted by molar-refractivity contribution is 4.80.